The van der Waals surface area contributed by atoms with E-state index in [1.807, 2.05) is 4.90 Å². The molecule has 2 aliphatic rings. The molecule has 144 valence electrons. The zero-order chi connectivity index (χ0) is 18.7. The Kier molecular flexibility index (Phi) is 5.67. The number of likely N-dealkylation sites (tertiary alicyclic amines) is 1. The van der Waals surface area contributed by atoms with Gasteiger partial charge in [0.2, 0.25) is 16.8 Å². The number of piperidine rings is 1. The van der Waals surface area contributed by atoms with Crippen molar-refractivity contribution in [2.75, 3.05) is 26.2 Å². The van der Waals surface area contributed by atoms with Gasteiger partial charge in [0.05, 0.1) is 0 Å². The Hall–Kier alpha value is -1.87. The van der Waals surface area contributed by atoms with Crippen LogP contribution in [0.2, 0.25) is 0 Å². The molecule has 2 saturated heterocycles. The maximum atomic E-state index is 12.7. The summed E-state index contributed by atoms with van der Waals surface area (Å²) in [6, 6.07) is 2.29. The number of carbonyl (C=O) groups is 2. The molecule has 0 atom stereocenters. The Morgan fingerprint density at radius 3 is 2.15 bits per heavy atom. The van der Waals surface area contributed by atoms with E-state index in [4.69, 9.17) is 9.52 Å². The molecule has 1 N–H and O–H groups in total. The maximum Gasteiger partial charge on any atom is 0.371 e. The molecular formula is C17H24N2O6S. The topological polar surface area (TPSA) is 108 Å². The summed E-state index contributed by atoms with van der Waals surface area (Å²) in [6.07, 6.45) is 5.32. The smallest absolute Gasteiger partial charge is 0.371 e. The Bertz CT molecular complexity index is 756. The Labute approximate surface area is 152 Å². The van der Waals surface area contributed by atoms with Gasteiger partial charge in [-0.05, 0) is 37.8 Å². The lowest BCUT2D eigenvalue weighted by Crippen LogP contribution is -2.44. The third-order valence-corrected chi connectivity index (χ3v) is 6.88. The van der Waals surface area contributed by atoms with Crippen molar-refractivity contribution in [1.29, 1.82) is 0 Å². The van der Waals surface area contributed by atoms with Gasteiger partial charge in [0.25, 0.3) is 10.0 Å². The van der Waals surface area contributed by atoms with Crippen molar-refractivity contribution < 1.29 is 27.5 Å². The van der Waals surface area contributed by atoms with E-state index in [2.05, 4.69) is 0 Å². The van der Waals surface area contributed by atoms with Gasteiger partial charge in [-0.2, -0.15) is 4.31 Å². The molecular weight excluding hydrogens is 360 g/mol. The lowest BCUT2D eigenvalue weighted by atomic mass is 9.96. The molecule has 3 rings (SSSR count). The van der Waals surface area contributed by atoms with Gasteiger partial charge in [-0.15, -0.1) is 0 Å². The molecule has 26 heavy (non-hydrogen) atoms. The van der Waals surface area contributed by atoms with Gasteiger partial charge in [0.15, 0.2) is 0 Å². The first kappa shape index (κ1) is 18.9. The minimum Gasteiger partial charge on any atom is -0.475 e. The molecule has 0 saturated carbocycles. The molecule has 0 unspecified atom stereocenters. The van der Waals surface area contributed by atoms with Crippen LogP contribution < -0.4 is 0 Å². The third kappa shape index (κ3) is 3.93. The average molecular weight is 384 g/mol. The van der Waals surface area contributed by atoms with Crippen LogP contribution in [0.25, 0.3) is 0 Å². The molecule has 8 nitrogen and oxygen atoms in total. The van der Waals surface area contributed by atoms with Gasteiger partial charge in [0.1, 0.15) is 0 Å². The fourth-order valence-electron chi connectivity index (χ4n) is 3.59. The van der Waals surface area contributed by atoms with Gasteiger partial charge < -0.3 is 14.4 Å². The predicted octanol–water partition coefficient (Wildman–Crippen LogP) is 1.78. The highest BCUT2D eigenvalue weighted by Crippen LogP contribution is 2.27. The van der Waals surface area contributed by atoms with E-state index in [9.17, 15) is 18.0 Å². The van der Waals surface area contributed by atoms with Crippen LogP contribution in [0.5, 0.6) is 0 Å². The third-order valence-electron chi connectivity index (χ3n) is 5.11. The highest BCUT2D eigenvalue weighted by atomic mass is 32.2. The monoisotopic (exact) mass is 384 g/mol. The molecule has 3 heterocycles. The largest absolute Gasteiger partial charge is 0.475 e. The normalized spacial score (nSPS) is 20.7. The van der Waals surface area contributed by atoms with E-state index in [-0.39, 0.29) is 30.0 Å². The van der Waals surface area contributed by atoms with Gasteiger partial charge in [-0.25, -0.2) is 13.2 Å². The molecule has 0 bridgehead atoms. The van der Waals surface area contributed by atoms with Gasteiger partial charge in [-0.3, -0.25) is 4.79 Å². The van der Waals surface area contributed by atoms with Crippen LogP contribution >= 0.6 is 0 Å². The van der Waals surface area contributed by atoms with Crippen molar-refractivity contribution >= 4 is 21.9 Å². The number of carboxylic acids is 1. The maximum absolute atomic E-state index is 12.7. The van der Waals surface area contributed by atoms with Crippen molar-refractivity contribution in [1.82, 2.24) is 9.21 Å². The van der Waals surface area contributed by atoms with Crippen LogP contribution in [0.15, 0.2) is 21.6 Å². The SMILES string of the molecule is O=C(O)c1ccc(S(=O)(=O)N2CCC(C(=O)N3CCCCCC3)CC2)o1. The Morgan fingerprint density at radius 1 is 1.00 bits per heavy atom. The lowest BCUT2D eigenvalue weighted by molar-refractivity contribution is -0.136. The highest BCUT2D eigenvalue weighted by molar-refractivity contribution is 7.89. The molecule has 0 aromatic carbocycles. The van der Waals surface area contributed by atoms with Crippen LogP contribution in [-0.2, 0) is 14.8 Å². The second-order valence-corrected chi connectivity index (χ2v) is 8.71. The lowest BCUT2D eigenvalue weighted by Gasteiger charge is -2.32. The van der Waals surface area contributed by atoms with Crippen LogP contribution in [0, 0.1) is 5.92 Å². The summed E-state index contributed by atoms with van der Waals surface area (Å²) in [5.74, 6) is -1.73. The van der Waals surface area contributed by atoms with E-state index in [0.29, 0.717) is 12.8 Å². The number of nitrogens with zero attached hydrogens (tertiary/aromatic N) is 2. The fourth-order valence-corrected chi connectivity index (χ4v) is 4.97. The highest BCUT2D eigenvalue weighted by Gasteiger charge is 2.35. The first-order valence-corrected chi connectivity index (χ1v) is 10.5. The predicted molar refractivity (Wildman–Crippen MR) is 92.2 cm³/mol. The van der Waals surface area contributed by atoms with Crippen LogP contribution in [0.3, 0.4) is 0 Å². The summed E-state index contributed by atoms with van der Waals surface area (Å²) in [6.45, 7) is 2.05. The Balaban J connectivity index is 1.61. The number of furan rings is 1. The van der Waals surface area contributed by atoms with Crippen LogP contribution in [0.4, 0.5) is 0 Å². The second-order valence-electron chi connectivity index (χ2n) is 6.84. The minimum absolute atomic E-state index is 0.134. The average Bonchev–Trinajstić information content (AvgIpc) is 2.99. The minimum atomic E-state index is -3.88. The van der Waals surface area contributed by atoms with Gasteiger partial charge >= 0.3 is 5.97 Å². The molecule has 0 aliphatic carbocycles. The van der Waals surface area contributed by atoms with Crippen molar-refractivity contribution in [3.63, 3.8) is 0 Å². The van der Waals surface area contributed by atoms with Crippen molar-refractivity contribution in [3.05, 3.63) is 17.9 Å². The molecule has 1 aromatic rings. The van der Waals surface area contributed by atoms with Crippen LogP contribution in [-0.4, -0.2) is 60.8 Å². The molecule has 2 aliphatic heterocycles. The van der Waals surface area contributed by atoms with Crippen molar-refractivity contribution in [2.24, 2.45) is 5.92 Å². The van der Waals surface area contributed by atoms with E-state index >= 15 is 0 Å². The van der Waals surface area contributed by atoms with E-state index in [1.54, 1.807) is 0 Å². The van der Waals surface area contributed by atoms with Crippen LogP contribution in [0.1, 0.15) is 49.1 Å². The standard InChI is InChI=1S/C17H24N2O6S/c20-16(18-9-3-1-2-4-10-18)13-7-11-19(12-8-13)26(23,24)15-6-5-14(25-15)17(21)22/h5-6,13H,1-4,7-12H2,(H,21,22). The number of rotatable bonds is 4. The first-order valence-electron chi connectivity index (χ1n) is 9.01. The van der Waals surface area contributed by atoms with E-state index in [1.165, 1.54) is 4.31 Å². The molecule has 2 fully saturated rings. The van der Waals surface area contributed by atoms with Crippen molar-refractivity contribution in [2.45, 2.75) is 43.6 Å². The van der Waals surface area contributed by atoms with Gasteiger partial charge in [-0.1, -0.05) is 12.8 Å². The first-order chi connectivity index (χ1) is 12.4. The number of hydrogen-bond acceptors (Lipinski definition) is 5. The molecule has 9 heteroatoms. The molecule has 1 amide bonds. The number of sulfonamides is 1. The summed E-state index contributed by atoms with van der Waals surface area (Å²) in [7, 11) is -3.88. The molecule has 1 aromatic heterocycles. The van der Waals surface area contributed by atoms with Crippen molar-refractivity contribution in [3.8, 4) is 0 Å². The summed E-state index contributed by atoms with van der Waals surface area (Å²) in [5, 5.41) is 8.50. The number of amides is 1. The summed E-state index contributed by atoms with van der Waals surface area (Å²) in [5.41, 5.74) is 0. The number of aromatic carboxylic acids is 1. The molecule has 0 spiro atoms. The van der Waals surface area contributed by atoms with E-state index < -0.39 is 21.8 Å². The fraction of sp³-hybridized carbons (Fsp3) is 0.647. The Morgan fingerprint density at radius 2 is 1.62 bits per heavy atom. The summed E-state index contributed by atoms with van der Waals surface area (Å²) >= 11 is 0. The molecule has 0 radical (unpaired) electrons. The number of carbonyl (C=O) groups excluding carboxylic acids is 1. The zero-order valence-electron chi connectivity index (χ0n) is 14.6. The zero-order valence-corrected chi connectivity index (χ0v) is 15.4. The number of hydrogen-bond donors (Lipinski definition) is 1. The quantitative estimate of drug-likeness (QED) is 0.848. The second kappa shape index (κ2) is 7.79. The van der Waals surface area contributed by atoms with E-state index in [0.717, 1.165) is 50.9 Å². The van der Waals surface area contributed by atoms with Gasteiger partial charge in [0, 0.05) is 32.1 Å². The summed E-state index contributed by atoms with van der Waals surface area (Å²) < 4.78 is 31.4. The summed E-state index contributed by atoms with van der Waals surface area (Å²) in [4.78, 5) is 25.5. The number of carboxylic acid groups (broad SMARTS) is 1.